The molecule has 2 aliphatic heterocycles. The minimum absolute atomic E-state index is 0.141. The molecule has 4 rings (SSSR count). The van der Waals surface area contributed by atoms with Gasteiger partial charge in [-0.2, -0.15) is 18.4 Å². The summed E-state index contributed by atoms with van der Waals surface area (Å²) in [5.74, 6) is -1.96. The van der Waals surface area contributed by atoms with E-state index in [0.717, 1.165) is 19.4 Å². The predicted octanol–water partition coefficient (Wildman–Crippen LogP) is 2.98. The fourth-order valence-corrected chi connectivity index (χ4v) is 4.56. The van der Waals surface area contributed by atoms with Gasteiger partial charge >= 0.3 is 6.18 Å². The lowest BCUT2D eigenvalue weighted by Crippen LogP contribution is -2.55. The smallest absolute Gasteiger partial charge is 0.368 e. The number of anilines is 1. The molecule has 2 N–H and O–H groups in total. The molecule has 9 heteroatoms. The number of nitriles is 1. The van der Waals surface area contributed by atoms with Gasteiger partial charge in [-0.25, -0.2) is 0 Å². The minimum atomic E-state index is -4.37. The number of pyridine rings is 1. The number of hydrogen-bond donors (Lipinski definition) is 2. The van der Waals surface area contributed by atoms with E-state index in [1.54, 1.807) is 35.4 Å². The summed E-state index contributed by atoms with van der Waals surface area (Å²) in [7, 11) is 0. The van der Waals surface area contributed by atoms with Crippen LogP contribution in [-0.4, -0.2) is 49.3 Å². The monoisotopic (exact) mass is 431 g/mol. The molecule has 6 nitrogen and oxygen atoms in total. The number of halogens is 3. The van der Waals surface area contributed by atoms with Crippen LogP contribution in [0.1, 0.15) is 24.8 Å². The van der Waals surface area contributed by atoms with E-state index in [1.807, 2.05) is 0 Å². The Morgan fingerprint density at radius 2 is 2.13 bits per heavy atom. The topological polar surface area (TPSA) is 81.0 Å². The summed E-state index contributed by atoms with van der Waals surface area (Å²) in [5.41, 5.74) is 1.43. The summed E-state index contributed by atoms with van der Waals surface area (Å²) < 4.78 is 41.2. The third-order valence-electron chi connectivity index (χ3n) is 6.14. The Kier molecular flexibility index (Phi) is 6.01. The number of fused-ring (bicyclic) bond motifs is 1. The maximum absolute atomic E-state index is 13.7. The van der Waals surface area contributed by atoms with E-state index in [1.165, 1.54) is 0 Å². The van der Waals surface area contributed by atoms with Gasteiger partial charge in [-0.05, 0) is 50.1 Å². The van der Waals surface area contributed by atoms with E-state index in [4.69, 9.17) is 0 Å². The molecule has 0 bridgehead atoms. The Bertz CT molecular complexity index is 997. The Hall–Kier alpha value is -2.86. The van der Waals surface area contributed by atoms with Crippen LogP contribution in [0.5, 0.6) is 0 Å². The molecule has 3 heterocycles. The zero-order valence-electron chi connectivity index (χ0n) is 17.0. The molecule has 2 aromatic rings. The fraction of sp³-hybridized carbons (Fsp3) is 0.500. The van der Waals surface area contributed by atoms with Gasteiger partial charge in [0.15, 0.2) is 0 Å². The Balaban J connectivity index is 1.62. The first-order valence-electron chi connectivity index (χ1n) is 10.5. The zero-order chi connectivity index (χ0) is 22.0. The van der Waals surface area contributed by atoms with Gasteiger partial charge in [-0.1, -0.05) is 0 Å². The number of benzene rings is 1. The molecule has 2 saturated heterocycles. The van der Waals surface area contributed by atoms with Gasteiger partial charge in [0.2, 0.25) is 5.91 Å². The molecule has 2 aliphatic rings. The predicted molar refractivity (Wildman–Crippen MR) is 110 cm³/mol. The third kappa shape index (κ3) is 4.59. The first-order valence-corrected chi connectivity index (χ1v) is 10.5. The highest BCUT2D eigenvalue weighted by molar-refractivity contribution is 5.95. The van der Waals surface area contributed by atoms with Crippen molar-refractivity contribution in [2.75, 3.05) is 31.1 Å². The Morgan fingerprint density at radius 3 is 2.84 bits per heavy atom. The molecule has 0 aliphatic carbocycles. The summed E-state index contributed by atoms with van der Waals surface area (Å²) in [5, 5.41) is 16.0. The summed E-state index contributed by atoms with van der Waals surface area (Å²) in [4.78, 5) is 18.6. The van der Waals surface area contributed by atoms with E-state index in [-0.39, 0.29) is 31.3 Å². The van der Waals surface area contributed by atoms with E-state index < -0.39 is 18.1 Å². The molecule has 3 atom stereocenters. The summed E-state index contributed by atoms with van der Waals surface area (Å²) in [6, 6.07) is 8.19. The van der Waals surface area contributed by atoms with Gasteiger partial charge in [0, 0.05) is 42.9 Å². The number of amides is 1. The molecule has 1 aromatic heterocycles. The molecule has 1 aromatic carbocycles. The van der Waals surface area contributed by atoms with Crippen molar-refractivity contribution in [3.8, 4) is 6.07 Å². The van der Waals surface area contributed by atoms with E-state index in [2.05, 4.69) is 21.7 Å². The average molecular weight is 431 g/mol. The molecule has 2 fully saturated rings. The molecule has 31 heavy (non-hydrogen) atoms. The molecule has 1 unspecified atom stereocenters. The van der Waals surface area contributed by atoms with Crippen molar-refractivity contribution >= 4 is 22.5 Å². The highest BCUT2D eigenvalue weighted by atomic mass is 19.4. The maximum atomic E-state index is 13.7. The molecule has 0 spiro atoms. The number of rotatable bonds is 3. The Morgan fingerprint density at radius 1 is 1.29 bits per heavy atom. The lowest BCUT2D eigenvalue weighted by molar-refractivity contribution is -0.178. The number of aromatic nitrogens is 1. The number of carbonyl (C=O) groups is 1. The second-order valence-corrected chi connectivity index (χ2v) is 8.27. The average Bonchev–Trinajstić information content (AvgIpc) is 2.78. The van der Waals surface area contributed by atoms with Crippen LogP contribution in [-0.2, 0) is 4.79 Å². The van der Waals surface area contributed by atoms with Crippen LogP contribution in [0.2, 0.25) is 0 Å². The first-order chi connectivity index (χ1) is 14.9. The van der Waals surface area contributed by atoms with Gasteiger partial charge in [-0.15, -0.1) is 0 Å². The summed E-state index contributed by atoms with van der Waals surface area (Å²) >= 11 is 0. The zero-order valence-corrected chi connectivity index (χ0v) is 17.0. The number of hydrogen-bond acceptors (Lipinski definition) is 5. The Labute approximate surface area is 178 Å². The minimum Gasteiger partial charge on any atom is -0.368 e. The quantitative estimate of drug-likeness (QED) is 0.781. The van der Waals surface area contributed by atoms with E-state index in [0.29, 0.717) is 28.7 Å². The SMILES string of the molecule is N#Cc1ccc(N2C[C@H](NC(=O)C3CCCNC3)C[C@H](C(F)(F)F)C2)c2cccnc12. The van der Waals surface area contributed by atoms with Crippen LogP contribution >= 0.6 is 0 Å². The van der Waals surface area contributed by atoms with E-state index >= 15 is 0 Å². The van der Waals surface area contributed by atoms with Crippen LogP contribution in [0.25, 0.3) is 10.9 Å². The van der Waals surface area contributed by atoms with Gasteiger partial charge in [-0.3, -0.25) is 9.78 Å². The van der Waals surface area contributed by atoms with Crippen LogP contribution in [0.15, 0.2) is 30.5 Å². The number of nitrogens with one attached hydrogen (secondary N) is 2. The van der Waals surface area contributed by atoms with Crippen LogP contribution in [0.4, 0.5) is 18.9 Å². The lowest BCUT2D eigenvalue weighted by atomic mass is 9.91. The third-order valence-corrected chi connectivity index (χ3v) is 6.14. The number of nitrogens with zero attached hydrogens (tertiary/aromatic N) is 3. The van der Waals surface area contributed by atoms with Crippen molar-refractivity contribution in [3.63, 3.8) is 0 Å². The number of carbonyl (C=O) groups excluding carboxylic acids is 1. The fourth-order valence-electron chi connectivity index (χ4n) is 4.56. The van der Waals surface area contributed by atoms with E-state index in [9.17, 15) is 23.2 Å². The normalized spacial score (nSPS) is 24.6. The molecule has 0 radical (unpaired) electrons. The molecular weight excluding hydrogens is 407 g/mol. The highest BCUT2D eigenvalue weighted by Crippen LogP contribution is 2.37. The van der Waals surface area contributed by atoms with Crippen LogP contribution < -0.4 is 15.5 Å². The highest BCUT2D eigenvalue weighted by Gasteiger charge is 2.45. The van der Waals surface area contributed by atoms with Crippen molar-refractivity contribution in [1.29, 1.82) is 5.26 Å². The first kappa shape index (κ1) is 21.4. The molecule has 164 valence electrons. The van der Waals surface area contributed by atoms with Gasteiger partial charge < -0.3 is 15.5 Å². The molecule has 1 amide bonds. The maximum Gasteiger partial charge on any atom is 0.393 e. The number of alkyl halides is 3. The second kappa shape index (κ2) is 8.71. The largest absolute Gasteiger partial charge is 0.393 e. The van der Waals surface area contributed by atoms with Crippen molar-refractivity contribution in [2.45, 2.75) is 31.5 Å². The van der Waals surface area contributed by atoms with Crippen LogP contribution in [0, 0.1) is 23.2 Å². The van der Waals surface area contributed by atoms with Crippen molar-refractivity contribution in [3.05, 3.63) is 36.0 Å². The molecule has 0 saturated carbocycles. The van der Waals surface area contributed by atoms with Crippen LogP contribution in [0.3, 0.4) is 0 Å². The second-order valence-electron chi connectivity index (χ2n) is 8.27. The summed E-state index contributed by atoms with van der Waals surface area (Å²) in [6.45, 7) is 1.49. The molecular formula is C22H24F3N5O. The standard InChI is InChI=1S/C22H24F3N5O/c23-22(24,25)16-9-17(29-21(31)15-3-1-7-27-11-15)13-30(12-16)19-6-5-14(10-26)20-18(19)4-2-8-28-20/h2,4-6,8,15-17,27H,1,3,7,9,11-13H2,(H,29,31)/t15?,16-,17+/m0/s1. The van der Waals surface area contributed by atoms with Crippen molar-refractivity contribution < 1.29 is 18.0 Å². The van der Waals surface area contributed by atoms with Gasteiger partial charge in [0.25, 0.3) is 0 Å². The van der Waals surface area contributed by atoms with Crippen molar-refractivity contribution in [2.24, 2.45) is 11.8 Å². The van der Waals surface area contributed by atoms with Gasteiger partial charge in [0.1, 0.15) is 6.07 Å². The van der Waals surface area contributed by atoms with Crippen molar-refractivity contribution in [1.82, 2.24) is 15.6 Å². The lowest BCUT2D eigenvalue weighted by Gasteiger charge is -2.41. The number of piperidine rings is 2. The van der Waals surface area contributed by atoms with Gasteiger partial charge in [0.05, 0.1) is 22.9 Å². The summed E-state index contributed by atoms with van der Waals surface area (Å²) in [6.07, 6.45) is -1.33.